The van der Waals surface area contributed by atoms with Crippen LogP contribution in [0.1, 0.15) is 65.0 Å². The Morgan fingerprint density at radius 1 is 1.06 bits per heavy atom. The van der Waals surface area contributed by atoms with Gasteiger partial charge in [0.15, 0.2) is 0 Å². The van der Waals surface area contributed by atoms with Gasteiger partial charge in [-0.25, -0.2) is 0 Å². The Kier molecular flexibility index (Phi) is 5.24. The average Bonchev–Trinajstić information content (AvgIpc) is 2.30. The first-order chi connectivity index (χ1) is 7.97. The molecule has 0 bridgehead atoms. The lowest BCUT2D eigenvalue weighted by Crippen LogP contribution is -2.11. The molecule has 0 fully saturated rings. The molecule has 0 heteroatoms. The standard InChI is InChI=1S/C17H28/c1-6-14(7-2)11-12-15-9-8-10-16(13-15)17(3,4)5/h8-10,13-14H,6-7,11-12H2,1-5H3. The molecular weight excluding hydrogens is 204 g/mol. The van der Waals surface area contributed by atoms with Gasteiger partial charge in [-0.05, 0) is 35.3 Å². The molecule has 1 rings (SSSR count). The second kappa shape index (κ2) is 6.23. The van der Waals surface area contributed by atoms with Crippen LogP contribution in [0, 0.1) is 5.92 Å². The van der Waals surface area contributed by atoms with Crippen LogP contribution in [-0.2, 0) is 11.8 Å². The van der Waals surface area contributed by atoms with Crippen LogP contribution in [0.2, 0.25) is 0 Å². The largest absolute Gasteiger partial charge is 0.0651 e. The molecule has 0 radical (unpaired) electrons. The highest BCUT2D eigenvalue weighted by molar-refractivity contribution is 5.28. The Labute approximate surface area is 107 Å². The molecule has 0 saturated heterocycles. The molecule has 0 N–H and O–H groups in total. The number of hydrogen-bond donors (Lipinski definition) is 0. The van der Waals surface area contributed by atoms with Gasteiger partial charge in [-0.1, -0.05) is 71.7 Å². The van der Waals surface area contributed by atoms with Gasteiger partial charge in [0.25, 0.3) is 0 Å². The van der Waals surface area contributed by atoms with E-state index in [1.165, 1.54) is 36.8 Å². The van der Waals surface area contributed by atoms with Crippen LogP contribution in [0.3, 0.4) is 0 Å². The van der Waals surface area contributed by atoms with E-state index >= 15 is 0 Å². The van der Waals surface area contributed by atoms with Crippen LogP contribution in [0.25, 0.3) is 0 Å². The van der Waals surface area contributed by atoms with Crippen molar-refractivity contribution in [3.63, 3.8) is 0 Å². The van der Waals surface area contributed by atoms with Crippen molar-refractivity contribution in [2.24, 2.45) is 5.92 Å². The van der Waals surface area contributed by atoms with Gasteiger partial charge < -0.3 is 0 Å². The minimum Gasteiger partial charge on any atom is -0.0651 e. The normalized spacial score (nSPS) is 12.1. The molecule has 0 heterocycles. The van der Waals surface area contributed by atoms with Gasteiger partial charge in [0, 0.05) is 0 Å². The van der Waals surface area contributed by atoms with Crippen molar-refractivity contribution in [1.29, 1.82) is 0 Å². The van der Waals surface area contributed by atoms with Crippen molar-refractivity contribution in [1.82, 2.24) is 0 Å². The summed E-state index contributed by atoms with van der Waals surface area (Å²) in [7, 11) is 0. The minimum atomic E-state index is 0.269. The molecule has 0 spiro atoms. The van der Waals surface area contributed by atoms with Crippen LogP contribution < -0.4 is 0 Å². The maximum absolute atomic E-state index is 2.39. The molecule has 0 aromatic heterocycles. The Morgan fingerprint density at radius 3 is 2.24 bits per heavy atom. The van der Waals surface area contributed by atoms with E-state index < -0.39 is 0 Å². The van der Waals surface area contributed by atoms with E-state index in [-0.39, 0.29) is 5.41 Å². The highest BCUT2D eigenvalue weighted by Crippen LogP contribution is 2.24. The zero-order valence-electron chi connectivity index (χ0n) is 12.2. The first-order valence-corrected chi connectivity index (χ1v) is 7.06. The number of hydrogen-bond acceptors (Lipinski definition) is 0. The summed E-state index contributed by atoms with van der Waals surface area (Å²) in [5, 5.41) is 0. The SMILES string of the molecule is CCC(CC)CCc1cccc(C(C)(C)C)c1. The van der Waals surface area contributed by atoms with Gasteiger partial charge in [-0.15, -0.1) is 0 Å². The van der Waals surface area contributed by atoms with Crippen molar-refractivity contribution < 1.29 is 0 Å². The van der Waals surface area contributed by atoms with E-state index in [1.54, 1.807) is 0 Å². The van der Waals surface area contributed by atoms with Crippen LogP contribution in [0.5, 0.6) is 0 Å². The first kappa shape index (κ1) is 14.3. The summed E-state index contributed by atoms with van der Waals surface area (Å²) in [6.45, 7) is 11.5. The van der Waals surface area contributed by atoms with E-state index in [0.717, 1.165) is 5.92 Å². The molecule has 1 aromatic carbocycles. The maximum atomic E-state index is 2.39. The summed E-state index contributed by atoms with van der Waals surface area (Å²) < 4.78 is 0. The van der Waals surface area contributed by atoms with Gasteiger partial charge in [-0.2, -0.15) is 0 Å². The highest BCUT2D eigenvalue weighted by atomic mass is 14.2. The van der Waals surface area contributed by atoms with Gasteiger partial charge in [0.2, 0.25) is 0 Å². The predicted octanol–water partition coefficient (Wildman–Crippen LogP) is 5.35. The quantitative estimate of drug-likeness (QED) is 0.641. The van der Waals surface area contributed by atoms with Crippen LogP contribution >= 0.6 is 0 Å². The summed E-state index contributed by atoms with van der Waals surface area (Å²) in [4.78, 5) is 0. The Morgan fingerprint density at radius 2 is 1.71 bits per heavy atom. The summed E-state index contributed by atoms with van der Waals surface area (Å²) in [6.07, 6.45) is 5.20. The van der Waals surface area contributed by atoms with Crippen LogP contribution in [0.4, 0.5) is 0 Å². The third kappa shape index (κ3) is 4.53. The number of rotatable bonds is 5. The molecule has 0 atom stereocenters. The molecule has 96 valence electrons. The molecule has 0 saturated carbocycles. The molecule has 0 aliphatic heterocycles. The van der Waals surface area contributed by atoms with Crippen molar-refractivity contribution in [2.45, 2.75) is 65.7 Å². The molecule has 0 aliphatic rings. The monoisotopic (exact) mass is 232 g/mol. The fourth-order valence-electron chi connectivity index (χ4n) is 2.26. The fourth-order valence-corrected chi connectivity index (χ4v) is 2.26. The second-order valence-corrected chi connectivity index (χ2v) is 6.17. The molecule has 0 unspecified atom stereocenters. The van der Waals surface area contributed by atoms with E-state index in [4.69, 9.17) is 0 Å². The Balaban J connectivity index is 2.66. The lowest BCUT2D eigenvalue weighted by Gasteiger charge is -2.20. The zero-order valence-corrected chi connectivity index (χ0v) is 12.2. The fraction of sp³-hybridized carbons (Fsp3) is 0.647. The molecule has 0 amide bonds. The van der Waals surface area contributed by atoms with E-state index in [2.05, 4.69) is 58.9 Å². The Hall–Kier alpha value is -0.780. The molecule has 0 aliphatic carbocycles. The summed E-state index contributed by atoms with van der Waals surface area (Å²) in [5.41, 5.74) is 3.23. The van der Waals surface area contributed by atoms with Crippen molar-refractivity contribution in [2.75, 3.05) is 0 Å². The zero-order chi connectivity index (χ0) is 12.9. The minimum absolute atomic E-state index is 0.269. The predicted molar refractivity (Wildman–Crippen MR) is 77.5 cm³/mol. The summed E-state index contributed by atoms with van der Waals surface area (Å²) in [5.74, 6) is 0.897. The smallest absolute Gasteiger partial charge is 0.0132 e. The molecule has 17 heavy (non-hydrogen) atoms. The van der Waals surface area contributed by atoms with Crippen LogP contribution in [-0.4, -0.2) is 0 Å². The lowest BCUT2D eigenvalue weighted by molar-refractivity contribution is 0.456. The van der Waals surface area contributed by atoms with Crippen LogP contribution in [0.15, 0.2) is 24.3 Å². The average molecular weight is 232 g/mol. The molecule has 1 aromatic rings. The second-order valence-electron chi connectivity index (χ2n) is 6.17. The summed E-state index contributed by atoms with van der Waals surface area (Å²) in [6, 6.07) is 9.13. The van der Waals surface area contributed by atoms with Gasteiger partial charge in [-0.3, -0.25) is 0 Å². The summed E-state index contributed by atoms with van der Waals surface area (Å²) >= 11 is 0. The van der Waals surface area contributed by atoms with Gasteiger partial charge >= 0.3 is 0 Å². The third-order valence-electron chi connectivity index (χ3n) is 3.79. The maximum Gasteiger partial charge on any atom is -0.0132 e. The first-order valence-electron chi connectivity index (χ1n) is 7.06. The number of aryl methyl sites for hydroxylation is 1. The van der Waals surface area contributed by atoms with Gasteiger partial charge in [0.1, 0.15) is 0 Å². The number of benzene rings is 1. The van der Waals surface area contributed by atoms with Crippen molar-refractivity contribution in [3.05, 3.63) is 35.4 Å². The van der Waals surface area contributed by atoms with Crippen molar-refractivity contribution in [3.8, 4) is 0 Å². The van der Waals surface area contributed by atoms with Crippen molar-refractivity contribution >= 4 is 0 Å². The molecular formula is C17H28. The molecule has 0 nitrogen and oxygen atoms in total. The van der Waals surface area contributed by atoms with E-state index in [1.807, 2.05) is 0 Å². The topological polar surface area (TPSA) is 0 Å². The third-order valence-corrected chi connectivity index (χ3v) is 3.79. The highest BCUT2D eigenvalue weighted by Gasteiger charge is 2.13. The van der Waals surface area contributed by atoms with E-state index in [9.17, 15) is 0 Å². The lowest BCUT2D eigenvalue weighted by atomic mass is 9.85. The van der Waals surface area contributed by atoms with Gasteiger partial charge in [0.05, 0.1) is 0 Å². The Bertz CT molecular complexity index is 326. The van der Waals surface area contributed by atoms with E-state index in [0.29, 0.717) is 0 Å².